The molecule has 0 aliphatic heterocycles. The predicted molar refractivity (Wildman–Crippen MR) is 143 cm³/mol. The molecule has 0 amide bonds. The van der Waals surface area contributed by atoms with Gasteiger partial charge in [-0.15, -0.1) is 0 Å². The smallest absolute Gasteiger partial charge is 0.161 e. The average molecular weight is 456 g/mol. The van der Waals surface area contributed by atoms with Crippen LogP contribution in [0.1, 0.15) is 23.6 Å². The molecule has 170 valence electrons. The highest BCUT2D eigenvalue weighted by Gasteiger charge is 2.10. The molecule has 0 atom stereocenters. The van der Waals surface area contributed by atoms with Crippen LogP contribution in [0.4, 0.5) is 0 Å². The van der Waals surface area contributed by atoms with Crippen LogP contribution in [0.25, 0.3) is 33.2 Å². The minimum absolute atomic E-state index is 0.441. The SMILES string of the molecule is CCOc1cc(/C=C(/C#N)c2cccc3ccccc23)ccc1OCc1cccc2ccccc12. The van der Waals surface area contributed by atoms with E-state index < -0.39 is 0 Å². The van der Waals surface area contributed by atoms with Crippen LogP contribution < -0.4 is 9.47 Å². The zero-order valence-corrected chi connectivity index (χ0v) is 19.6. The largest absolute Gasteiger partial charge is 0.490 e. The Hall–Kier alpha value is -4.55. The molecule has 5 aromatic carbocycles. The molecular formula is C32H25NO2. The van der Waals surface area contributed by atoms with Gasteiger partial charge in [0.15, 0.2) is 11.5 Å². The van der Waals surface area contributed by atoms with Crippen molar-refractivity contribution in [3.05, 3.63) is 120 Å². The number of ether oxygens (including phenoxy) is 2. The third kappa shape index (κ3) is 4.74. The number of allylic oxidation sites excluding steroid dienone is 1. The van der Waals surface area contributed by atoms with Crippen molar-refractivity contribution in [3.63, 3.8) is 0 Å². The second-order valence-corrected chi connectivity index (χ2v) is 8.26. The molecule has 0 spiro atoms. The van der Waals surface area contributed by atoms with E-state index in [4.69, 9.17) is 9.47 Å². The van der Waals surface area contributed by atoms with Gasteiger partial charge in [0.2, 0.25) is 0 Å². The second kappa shape index (κ2) is 10.2. The zero-order valence-electron chi connectivity index (χ0n) is 19.6. The van der Waals surface area contributed by atoms with E-state index in [2.05, 4.69) is 48.5 Å². The van der Waals surface area contributed by atoms with E-state index >= 15 is 0 Å². The summed E-state index contributed by atoms with van der Waals surface area (Å²) in [5, 5.41) is 14.5. The summed E-state index contributed by atoms with van der Waals surface area (Å²) in [6.45, 7) is 2.91. The van der Waals surface area contributed by atoms with Gasteiger partial charge in [-0.25, -0.2) is 0 Å². The van der Waals surface area contributed by atoms with Crippen LogP contribution >= 0.6 is 0 Å². The van der Waals surface area contributed by atoms with E-state index in [-0.39, 0.29) is 0 Å². The molecule has 0 fully saturated rings. The number of nitrogens with zero attached hydrogens (tertiary/aromatic N) is 1. The minimum Gasteiger partial charge on any atom is -0.490 e. The fraction of sp³-hybridized carbons (Fsp3) is 0.0938. The molecule has 3 heteroatoms. The third-order valence-corrected chi connectivity index (χ3v) is 6.04. The summed E-state index contributed by atoms with van der Waals surface area (Å²) < 4.78 is 12.1. The van der Waals surface area contributed by atoms with Crippen molar-refractivity contribution < 1.29 is 9.47 Å². The molecule has 5 rings (SSSR count). The number of rotatable bonds is 7. The number of benzene rings is 5. The molecule has 35 heavy (non-hydrogen) atoms. The standard InChI is InChI=1S/C32H25NO2/c1-2-34-32-20-23(19-27(21-33)30-16-8-12-25-10-4-6-15-29(25)30)17-18-31(32)35-22-26-13-7-11-24-9-3-5-14-28(24)26/h3-20H,2,22H2,1H3/b27-19-. The normalized spacial score (nSPS) is 11.4. The number of nitriles is 1. The summed E-state index contributed by atoms with van der Waals surface area (Å²) in [6.07, 6.45) is 1.90. The fourth-order valence-electron chi connectivity index (χ4n) is 4.37. The molecule has 0 saturated carbocycles. The third-order valence-electron chi connectivity index (χ3n) is 6.04. The van der Waals surface area contributed by atoms with Gasteiger partial charge in [-0.05, 0) is 57.8 Å². The molecule has 0 unspecified atom stereocenters. The first-order valence-corrected chi connectivity index (χ1v) is 11.7. The quantitative estimate of drug-likeness (QED) is 0.184. The van der Waals surface area contributed by atoms with Crippen molar-refractivity contribution in [1.29, 1.82) is 5.26 Å². The maximum absolute atomic E-state index is 9.95. The first-order valence-electron chi connectivity index (χ1n) is 11.7. The molecule has 0 aromatic heterocycles. The summed E-state index contributed by atoms with van der Waals surface area (Å²) in [6, 6.07) is 36.9. The van der Waals surface area contributed by atoms with Gasteiger partial charge in [-0.2, -0.15) is 5.26 Å². The van der Waals surface area contributed by atoms with E-state index in [0.717, 1.165) is 27.5 Å². The molecular weight excluding hydrogens is 430 g/mol. The lowest BCUT2D eigenvalue weighted by Gasteiger charge is -2.14. The van der Waals surface area contributed by atoms with Crippen LogP contribution in [0.3, 0.4) is 0 Å². The van der Waals surface area contributed by atoms with Crippen molar-refractivity contribution in [3.8, 4) is 17.6 Å². The fourth-order valence-corrected chi connectivity index (χ4v) is 4.37. The predicted octanol–water partition coefficient (Wildman–Crippen LogP) is 8.03. The molecule has 0 aliphatic rings. The highest BCUT2D eigenvalue weighted by atomic mass is 16.5. The maximum atomic E-state index is 9.95. The Morgan fingerprint density at radius 1 is 0.743 bits per heavy atom. The van der Waals surface area contributed by atoms with Gasteiger partial charge >= 0.3 is 0 Å². The Morgan fingerprint density at radius 3 is 2.20 bits per heavy atom. The number of hydrogen-bond donors (Lipinski definition) is 0. The first-order chi connectivity index (χ1) is 17.3. The highest BCUT2D eigenvalue weighted by Crippen LogP contribution is 2.32. The molecule has 0 aliphatic carbocycles. The van der Waals surface area contributed by atoms with E-state index in [1.165, 1.54) is 10.8 Å². The number of hydrogen-bond acceptors (Lipinski definition) is 3. The molecule has 5 aromatic rings. The molecule has 0 heterocycles. The van der Waals surface area contributed by atoms with E-state index in [0.29, 0.717) is 30.3 Å². The lowest BCUT2D eigenvalue weighted by atomic mass is 9.97. The Balaban J connectivity index is 1.46. The van der Waals surface area contributed by atoms with Gasteiger partial charge in [0.25, 0.3) is 0 Å². The van der Waals surface area contributed by atoms with Gasteiger partial charge in [-0.1, -0.05) is 91.0 Å². The van der Waals surface area contributed by atoms with E-state index in [9.17, 15) is 5.26 Å². The summed E-state index contributed by atoms with van der Waals surface area (Å²) in [5.41, 5.74) is 3.53. The number of fused-ring (bicyclic) bond motifs is 2. The maximum Gasteiger partial charge on any atom is 0.161 e. The highest BCUT2D eigenvalue weighted by molar-refractivity contribution is 6.01. The lowest BCUT2D eigenvalue weighted by Crippen LogP contribution is -2.00. The van der Waals surface area contributed by atoms with Gasteiger partial charge in [0, 0.05) is 5.56 Å². The molecule has 0 N–H and O–H groups in total. The average Bonchev–Trinajstić information content (AvgIpc) is 2.91. The molecule has 0 radical (unpaired) electrons. The van der Waals surface area contributed by atoms with Gasteiger partial charge in [-0.3, -0.25) is 0 Å². The summed E-state index contributed by atoms with van der Waals surface area (Å²) >= 11 is 0. The van der Waals surface area contributed by atoms with Crippen molar-refractivity contribution in [2.45, 2.75) is 13.5 Å². The Morgan fingerprint density at radius 2 is 1.43 bits per heavy atom. The topological polar surface area (TPSA) is 42.2 Å². The van der Waals surface area contributed by atoms with Crippen LogP contribution in [0.15, 0.2) is 103 Å². The van der Waals surface area contributed by atoms with Gasteiger partial charge in [0.1, 0.15) is 6.61 Å². The molecule has 3 nitrogen and oxygen atoms in total. The van der Waals surface area contributed by atoms with Crippen molar-refractivity contribution >= 4 is 33.2 Å². The van der Waals surface area contributed by atoms with Gasteiger partial charge in [0.05, 0.1) is 18.2 Å². The van der Waals surface area contributed by atoms with Crippen LogP contribution in [-0.4, -0.2) is 6.61 Å². The summed E-state index contributed by atoms with van der Waals surface area (Å²) in [4.78, 5) is 0. The van der Waals surface area contributed by atoms with Crippen LogP contribution in [0.2, 0.25) is 0 Å². The lowest BCUT2D eigenvalue weighted by molar-refractivity contribution is 0.270. The van der Waals surface area contributed by atoms with Crippen molar-refractivity contribution in [2.75, 3.05) is 6.61 Å². The van der Waals surface area contributed by atoms with E-state index in [1.54, 1.807) is 0 Å². The Kier molecular flexibility index (Phi) is 6.46. The minimum atomic E-state index is 0.441. The molecule has 0 bridgehead atoms. The van der Waals surface area contributed by atoms with Gasteiger partial charge < -0.3 is 9.47 Å². The van der Waals surface area contributed by atoms with Crippen molar-refractivity contribution in [2.24, 2.45) is 0 Å². The summed E-state index contributed by atoms with van der Waals surface area (Å²) in [5.74, 6) is 1.34. The zero-order chi connectivity index (χ0) is 24.0. The Labute approximate surface area is 205 Å². The second-order valence-electron chi connectivity index (χ2n) is 8.26. The van der Waals surface area contributed by atoms with E-state index in [1.807, 2.05) is 73.7 Å². The summed E-state index contributed by atoms with van der Waals surface area (Å²) in [7, 11) is 0. The van der Waals surface area contributed by atoms with Crippen LogP contribution in [-0.2, 0) is 6.61 Å². The van der Waals surface area contributed by atoms with Crippen molar-refractivity contribution in [1.82, 2.24) is 0 Å². The van der Waals surface area contributed by atoms with Crippen LogP contribution in [0, 0.1) is 11.3 Å². The Bertz CT molecular complexity index is 1570. The van der Waals surface area contributed by atoms with Crippen LogP contribution in [0.5, 0.6) is 11.5 Å². The molecule has 0 saturated heterocycles. The first kappa shape index (κ1) is 22.3. The monoisotopic (exact) mass is 455 g/mol.